The van der Waals surface area contributed by atoms with Crippen molar-refractivity contribution in [3.63, 3.8) is 0 Å². The second-order valence-electron chi connectivity index (χ2n) is 10.7. The van der Waals surface area contributed by atoms with Gasteiger partial charge in [0, 0.05) is 34.9 Å². The predicted molar refractivity (Wildman–Crippen MR) is 151 cm³/mol. The Morgan fingerprint density at radius 1 is 0.850 bits per heavy atom. The molecule has 3 aliphatic rings. The van der Waals surface area contributed by atoms with E-state index in [4.69, 9.17) is 28.7 Å². The second kappa shape index (κ2) is 11.7. The summed E-state index contributed by atoms with van der Waals surface area (Å²) in [5.74, 6) is 0.658. The van der Waals surface area contributed by atoms with E-state index >= 15 is 0 Å². The molecule has 1 saturated carbocycles. The maximum atomic E-state index is 14.0. The Kier molecular flexibility index (Phi) is 8.14. The van der Waals surface area contributed by atoms with Crippen molar-refractivity contribution < 1.29 is 33.3 Å². The van der Waals surface area contributed by atoms with E-state index in [0.717, 1.165) is 36.8 Å². The van der Waals surface area contributed by atoms with Crippen molar-refractivity contribution in [3.8, 4) is 23.0 Å². The van der Waals surface area contributed by atoms with E-state index < -0.39 is 11.8 Å². The minimum Gasteiger partial charge on any atom is -0.497 e. The van der Waals surface area contributed by atoms with Gasteiger partial charge in [-0.05, 0) is 80.8 Å². The molecule has 8 nitrogen and oxygen atoms in total. The molecule has 1 heterocycles. The Balaban J connectivity index is 1.59. The lowest BCUT2D eigenvalue weighted by molar-refractivity contribution is -0.151. The molecule has 212 valence electrons. The molecule has 1 unspecified atom stereocenters. The highest BCUT2D eigenvalue weighted by molar-refractivity contribution is 6.09. The monoisotopic (exact) mass is 547 g/mol. The highest BCUT2D eigenvalue weighted by atomic mass is 16.5. The molecule has 0 N–H and O–H groups in total. The van der Waals surface area contributed by atoms with Crippen molar-refractivity contribution >= 4 is 17.5 Å². The smallest absolute Gasteiger partial charge is 0.315 e. The number of ether oxygens (including phenoxy) is 5. The first-order valence-corrected chi connectivity index (χ1v) is 13.8. The van der Waals surface area contributed by atoms with Gasteiger partial charge in [-0.15, -0.1) is 0 Å². The number of aliphatic imine (C=N–C) groups is 1. The first-order valence-electron chi connectivity index (χ1n) is 13.8. The van der Waals surface area contributed by atoms with Crippen molar-refractivity contribution in [2.75, 3.05) is 28.4 Å². The molecule has 0 amide bonds. The van der Waals surface area contributed by atoms with E-state index in [9.17, 15) is 9.59 Å². The normalized spacial score (nSPS) is 22.9. The molecule has 0 bridgehead atoms. The summed E-state index contributed by atoms with van der Waals surface area (Å²) in [5.41, 5.74) is 3.59. The summed E-state index contributed by atoms with van der Waals surface area (Å²) in [6, 6.07) is 11.2. The van der Waals surface area contributed by atoms with Crippen LogP contribution in [0, 0.1) is 5.92 Å². The van der Waals surface area contributed by atoms with Gasteiger partial charge in [0.1, 0.15) is 23.5 Å². The van der Waals surface area contributed by atoms with Crippen LogP contribution < -0.4 is 18.9 Å². The number of esters is 1. The molecule has 0 spiro atoms. The van der Waals surface area contributed by atoms with Crippen LogP contribution in [0.25, 0.3) is 0 Å². The largest absolute Gasteiger partial charge is 0.497 e. The Hall–Kier alpha value is -3.81. The number of Topliss-reactive ketones (excluding diaryl/α,β-unsaturated/α-hetero) is 1. The molecule has 8 heteroatoms. The first kappa shape index (κ1) is 27.7. The van der Waals surface area contributed by atoms with Crippen molar-refractivity contribution in [1.29, 1.82) is 0 Å². The zero-order chi connectivity index (χ0) is 28.4. The molecule has 0 aromatic heterocycles. The van der Waals surface area contributed by atoms with Gasteiger partial charge < -0.3 is 23.7 Å². The molecule has 2 aromatic rings. The number of benzene rings is 2. The van der Waals surface area contributed by atoms with E-state index in [0.29, 0.717) is 46.4 Å². The van der Waals surface area contributed by atoms with E-state index in [1.165, 1.54) is 0 Å². The van der Waals surface area contributed by atoms with E-state index in [-0.39, 0.29) is 30.2 Å². The third kappa shape index (κ3) is 5.19. The molecular formula is C32H37NO7. The van der Waals surface area contributed by atoms with Gasteiger partial charge in [-0.2, -0.15) is 0 Å². The van der Waals surface area contributed by atoms with E-state index in [1.54, 1.807) is 28.4 Å². The Morgan fingerprint density at radius 2 is 1.55 bits per heavy atom. The quantitative estimate of drug-likeness (QED) is 0.387. The van der Waals surface area contributed by atoms with Crippen LogP contribution in [0.1, 0.15) is 68.4 Å². The number of nitrogens with zero attached hydrogens (tertiary/aromatic N) is 1. The van der Waals surface area contributed by atoms with Crippen LogP contribution in [0.2, 0.25) is 0 Å². The fraction of sp³-hybridized carbons (Fsp3) is 0.469. The molecule has 1 aliphatic heterocycles. The molecule has 2 aromatic carbocycles. The summed E-state index contributed by atoms with van der Waals surface area (Å²) < 4.78 is 28.2. The average molecular weight is 548 g/mol. The molecule has 0 radical (unpaired) electrons. The molecule has 0 saturated heterocycles. The summed E-state index contributed by atoms with van der Waals surface area (Å²) in [6.45, 7) is 1.86. The summed E-state index contributed by atoms with van der Waals surface area (Å²) in [6.07, 6.45) is 4.57. The predicted octanol–water partition coefficient (Wildman–Crippen LogP) is 5.78. The molecule has 40 heavy (non-hydrogen) atoms. The minimum absolute atomic E-state index is 0.0363. The molecule has 3 atom stereocenters. The second-order valence-corrected chi connectivity index (χ2v) is 10.7. The Labute approximate surface area is 235 Å². The van der Waals surface area contributed by atoms with Crippen molar-refractivity contribution in [1.82, 2.24) is 0 Å². The number of ketones is 1. The summed E-state index contributed by atoms with van der Waals surface area (Å²) in [7, 11) is 6.38. The number of hydrogen-bond acceptors (Lipinski definition) is 8. The number of carbonyl (C=O) groups excluding carboxylic acids is 2. The maximum Gasteiger partial charge on any atom is 0.315 e. The zero-order valence-electron chi connectivity index (χ0n) is 23.8. The van der Waals surface area contributed by atoms with Gasteiger partial charge in [0.2, 0.25) is 0 Å². The van der Waals surface area contributed by atoms with Crippen LogP contribution >= 0.6 is 0 Å². The number of hydrogen-bond donors (Lipinski definition) is 0. The standard InChI is InChI=1S/C32H37NO7/c1-18-29(32(35)40-21-8-6-7-9-21)30(23-17-22(36-2)11-13-26(23)37-3)31-24(33-18)14-20(15-25(31)34)19-10-12-27(38-4)28(16-19)39-5/h10-13,16-17,20-21,29-30H,6-9,14-15H2,1-5H3/t20-,29?,30+/m1/s1. The van der Waals surface area contributed by atoms with Crippen LogP contribution in [0.3, 0.4) is 0 Å². The van der Waals surface area contributed by atoms with Gasteiger partial charge in [-0.1, -0.05) is 6.07 Å². The van der Waals surface area contributed by atoms with Crippen LogP contribution in [0.15, 0.2) is 52.7 Å². The molecule has 2 aliphatic carbocycles. The molecule has 5 rings (SSSR count). The van der Waals surface area contributed by atoms with Crippen molar-refractivity contribution in [2.45, 2.75) is 63.4 Å². The topological polar surface area (TPSA) is 92.6 Å². The highest BCUT2D eigenvalue weighted by Crippen LogP contribution is 2.50. The maximum absolute atomic E-state index is 14.0. The fourth-order valence-electron chi connectivity index (χ4n) is 6.37. The van der Waals surface area contributed by atoms with Gasteiger partial charge in [0.05, 0.1) is 28.4 Å². The Bertz CT molecular complexity index is 1360. The van der Waals surface area contributed by atoms with E-state index in [1.807, 2.05) is 43.3 Å². The summed E-state index contributed by atoms with van der Waals surface area (Å²) in [4.78, 5) is 32.7. The number of rotatable bonds is 8. The third-order valence-electron chi connectivity index (χ3n) is 8.38. The van der Waals surface area contributed by atoms with Crippen molar-refractivity contribution in [2.24, 2.45) is 10.9 Å². The SMILES string of the molecule is COc1ccc(OC)c([C@@H]2C3=C(C[C@@H](c4ccc(OC)c(OC)c4)CC3=O)N=C(C)C2C(=O)OC2CCCC2)c1. The van der Waals surface area contributed by atoms with Gasteiger partial charge in [0.15, 0.2) is 17.3 Å². The van der Waals surface area contributed by atoms with Crippen LogP contribution in [-0.4, -0.2) is 52.0 Å². The van der Waals surface area contributed by atoms with E-state index in [2.05, 4.69) is 0 Å². The fourth-order valence-corrected chi connectivity index (χ4v) is 6.37. The minimum atomic E-state index is -0.734. The van der Waals surface area contributed by atoms with Gasteiger partial charge in [0.25, 0.3) is 0 Å². The van der Waals surface area contributed by atoms with Crippen LogP contribution in [0.5, 0.6) is 23.0 Å². The van der Waals surface area contributed by atoms with Gasteiger partial charge >= 0.3 is 5.97 Å². The lowest BCUT2D eigenvalue weighted by Crippen LogP contribution is -2.39. The Morgan fingerprint density at radius 3 is 2.23 bits per heavy atom. The van der Waals surface area contributed by atoms with Crippen LogP contribution in [-0.2, 0) is 14.3 Å². The number of allylic oxidation sites excluding steroid dienone is 2. The van der Waals surface area contributed by atoms with Crippen LogP contribution in [0.4, 0.5) is 0 Å². The summed E-state index contributed by atoms with van der Waals surface area (Å²) >= 11 is 0. The van der Waals surface area contributed by atoms with Gasteiger partial charge in [-0.25, -0.2) is 0 Å². The summed E-state index contributed by atoms with van der Waals surface area (Å²) in [5, 5.41) is 0. The molecular weight excluding hydrogens is 510 g/mol. The first-order chi connectivity index (χ1) is 19.4. The van der Waals surface area contributed by atoms with Crippen molar-refractivity contribution in [3.05, 3.63) is 58.8 Å². The average Bonchev–Trinajstić information content (AvgIpc) is 3.48. The lowest BCUT2D eigenvalue weighted by Gasteiger charge is -2.37. The molecule has 1 fully saturated rings. The highest BCUT2D eigenvalue weighted by Gasteiger charge is 2.46. The number of methoxy groups -OCH3 is 4. The lowest BCUT2D eigenvalue weighted by atomic mass is 9.69. The van der Waals surface area contributed by atoms with Gasteiger partial charge in [-0.3, -0.25) is 14.6 Å². The number of carbonyl (C=O) groups is 2. The zero-order valence-corrected chi connectivity index (χ0v) is 23.8. The third-order valence-corrected chi connectivity index (χ3v) is 8.38.